The number of benzene rings is 1. The summed E-state index contributed by atoms with van der Waals surface area (Å²) in [7, 11) is 1.89. The molecule has 1 amide bonds. The van der Waals surface area contributed by atoms with Crippen LogP contribution in [-0.4, -0.2) is 30.4 Å². The van der Waals surface area contributed by atoms with Crippen molar-refractivity contribution < 1.29 is 9.72 Å². The second kappa shape index (κ2) is 7.63. The van der Waals surface area contributed by atoms with Crippen LogP contribution in [0.3, 0.4) is 0 Å². The van der Waals surface area contributed by atoms with Gasteiger partial charge in [-0.3, -0.25) is 19.6 Å². The first-order valence-electron chi connectivity index (χ1n) is 8.86. The number of carbonyl (C=O) groups is 1. The number of hydrogen-bond donors (Lipinski definition) is 1. The van der Waals surface area contributed by atoms with Crippen LogP contribution in [0.15, 0.2) is 30.3 Å². The van der Waals surface area contributed by atoms with Gasteiger partial charge in [-0.1, -0.05) is 0 Å². The molecule has 9 nitrogen and oxygen atoms in total. The molecule has 0 bridgehead atoms. The Morgan fingerprint density at radius 1 is 1.18 bits per heavy atom. The van der Waals surface area contributed by atoms with Gasteiger partial charge in [0, 0.05) is 37.4 Å². The molecule has 0 fully saturated rings. The molecule has 9 heteroatoms. The van der Waals surface area contributed by atoms with Crippen molar-refractivity contribution in [2.75, 3.05) is 5.32 Å². The Hall–Kier alpha value is -3.49. The molecule has 0 spiro atoms. The highest BCUT2D eigenvalue weighted by atomic mass is 16.6. The fourth-order valence-electron chi connectivity index (χ4n) is 3.12. The van der Waals surface area contributed by atoms with Gasteiger partial charge in [0.2, 0.25) is 5.91 Å². The van der Waals surface area contributed by atoms with Crippen LogP contribution in [-0.2, 0) is 18.3 Å². The first-order valence-corrected chi connectivity index (χ1v) is 8.86. The minimum Gasteiger partial charge on any atom is -0.311 e. The van der Waals surface area contributed by atoms with Crippen LogP contribution in [0, 0.1) is 30.9 Å². The summed E-state index contributed by atoms with van der Waals surface area (Å²) < 4.78 is 3.38. The highest BCUT2D eigenvalue weighted by Gasteiger charge is 2.15. The molecule has 146 valence electrons. The predicted octanol–water partition coefficient (Wildman–Crippen LogP) is 3.01. The molecule has 3 aromatic rings. The molecule has 0 atom stereocenters. The van der Waals surface area contributed by atoms with Crippen molar-refractivity contribution in [3.05, 3.63) is 63.1 Å². The van der Waals surface area contributed by atoms with E-state index >= 15 is 0 Å². The minimum absolute atomic E-state index is 0.000392. The summed E-state index contributed by atoms with van der Waals surface area (Å²) in [5.41, 5.74) is 4.43. The minimum atomic E-state index is -0.455. The standard InChI is InChI=1S/C19H22N6O3/c1-12-11-18(24(21-12)15-5-7-16(8-6-15)25(27)28)20-19(26)10-9-17-13(2)22-23(4)14(17)3/h5-8,11H,9-10H2,1-4H3,(H,20,26). The number of non-ortho nitro benzene ring substituents is 1. The zero-order chi connectivity index (χ0) is 20.4. The summed E-state index contributed by atoms with van der Waals surface area (Å²) in [6.07, 6.45) is 0.917. The lowest BCUT2D eigenvalue weighted by atomic mass is 10.1. The van der Waals surface area contributed by atoms with E-state index in [1.54, 1.807) is 22.9 Å². The summed E-state index contributed by atoms with van der Waals surface area (Å²) >= 11 is 0. The molecule has 3 rings (SSSR count). The fraction of sp³-hybridized carbons (Fsp3) is 0.316. The largest absolute Gasteiger partial charge is 0.311 e. The molecule has 2 aromatic heterocycles. The zero-order valence-electron chi connectivity index (χ0n) is 16.3. The van der Waals surface area contributed by atoms with E-state index in [1.807, 2.05) is 32.5 Å². The number of anilines is 1. The number of nitrogens with one attached hydrogen (secondary N) is 1. The topological polar surface area (TPSA) is 108 Å². The fourth-order valence-corrected chi connectivity index (χ4v) is 3.12. The van der Waals surface area contributed by atoms with Crippen molar-refractivity contribution in [2.45, 2.75) is 33.6 Å². The van der Waals surface area contributed by atoms with E-state index in [1.165, 1.54) is 12.1 Å². The number of hydrogen-bond acceptors (Lipinski definition) is 5. The molecule has 2 heterocycles. The predicted molar refractivity (Wildman–Crippen MR) is 105 cm³/mol. The van der Waals surface area contributed by atoms with Gasteiger partial charge in [-0.2, -0.15) is 10.2 Å². The molecule has 0 aliphatic carbocycles. The number of amides is 1. The maximum absolute atomic E-state index is 12.5. The molecule has 1 N–H and O–H groups in total. The summed E-state index contributed by atoms with van der Waals surface area (Å²) in [5.74, 6) is 0.390. The average Bonchev–Trinajstić information content (AvgIpc) is 3.12. The summed E-state index contributed by atoms with van der Waals surface area (Å²) in [6, 6.07) is 7.78. The summed E-state index contributed by atoms with van der Waals surface area (Å²) in [5, 5.41) is 22.5. The summed E-state index contributed by atoms with van der Waals surface area (Å²) in [6.45, 7) is 5.74. The van der Waals surface area contributed by atoms with Crippen LogP contribution in [0.2, 0.25) is 0 Å². The third-order valence-electron chi connectivity index (χ3n) is 4.67. The van der Waals surface area contributed by atoms with Gasteiger partial charge in [-0.25, -0.2) is 4.68 Å². The first kappa shape index (κ1) is 19.3. The number of nitro benzene ring substituents is 1. The average molecular weight is 382 g/mol. The maximum atomic E-state index is 12.5. The quantitative estimate of drug-likeness (QED) is 0.521. The third kappa shape index (κ3) is 3.93. The van der Waals surface area contributed by atoms with E-state index in [4.69, 9.17) is 0 Å². The number of rotatable bonds is 6. The van der Waals surface area contributed by atoms with E-state index in [9.17, 15) is 14.9 Å². The summed E-state index contributed by atoms with van der Waals surface area (Å²) in [4.78, 5) is 22.9. The number of aryl methyl sites for hydroxylation is 3. The molecule has 28 heavy (non-hydrogen) atoms. The lowest BCUT2D eigenvalue weighted by Gasteiger charge is -2.09. The van der Waals surface area contributed by atoms with Crippen LogP contribution >= 0.6 is 0 Å². The molecule has 0 saturated carbocycles. The van der Waals surface area contributed by atoms with Crippen molar-refractivity contribution in [1.82, 2.24) is 19.6 Å². The van der Waals surface area contributed by atoms with E-state index in [0.29, 0.717) is 24.3 Å². The van der Waals surface area contributed by atoms with E-state index in [2.05, 4.69) is 15.5 Å². The first-order chi connectivity index (χ1) is 13.3. The Morgan fingerprint density at radius 3 is 2.43 bits per heavy atom. The van der Waals surface area contributed by atoms with Crippen molar-refractivity contribution in [3.8, 4) is 5.69 Å². The van der Waals surface area contributed by atoms with Gasteiger partial charge >= 0.3 is 0 Å². The van der Waals surface area contributed by atoms with Gasteiger partial charge in [0.25, 0.3) is 5.69 Å². The number of carbonyl (C=O) groups excluding carboxylic acids is 1. The molecule has 0 saturated heterocycles. The number of nitro groups is 1. The lowest BCUT2D eigenvalue weighted by molar-refractivity contribution is -0.384. The molecule has 0 aliphatic heterocycles. The second-order valence-corrected chi connectivity index (χ2v) is 6.68. The van der Waals surface area contributed by atoms with Gasteiger partial charge in [0.1, 0.15) is 5.82 Å². The SMILES string of the molecule is Cc1cc(NC(=O)CCc2c(C)nn(C)c2C)n(-c2ccc([N+](=O)[O-])cc2)n1. The van der Waals surface area contributed by atoms with Gasteiger partial charge < -0.3 is 5.32 Å². The molecular weight excluding hydrogens is 360 g/mol. The van der Waals surface area contributed by atoms with Crippen LogP contribution in [0.5, 0.6) is 0 Å². The lowest BCUT2D eigenvalue weighted by Crippen LogP contribution is -2.15. The van der Waals surface area contributed by atoms with E-state index in [-0.39, 0.29) is 11.6 Å². The number of aromatic nitrogens is 4. The van der Waals surface area contributed by atoms with Gasteiger partial charge in [0.05, 0.1) is 22.0 Å². The highest BCUT2D eigenvalue weighted by molar-refractivity contribution is 5.90. The molecule has 0 unspecified atom stereocenters. The van der Waals surface area contributed by atoms with Crippen LogP contribution < -0.4 is 5.32 Å². The Morgan fingerprint density at radius 2 is 1.86 bits per heavy atom. The number of nitrogens with zero attached hydrogens (tertiary/aromatic N) is 5. The Kier molecular flexibility index (Phi) is 5.25. The molecule has 1 aromatic carbocycles. The van der Waals surface area contributed by atoms with Gasteiger partial charge in [0.15, 0.2) is 0 Å². The maximum Gasteiger partial charge on any atom is 0.269 e. The van der Waals surface area contributed by atoms with Gasteiger partial charge in [-0.05, 0) is 44.9 Å². The Labute approximate surface area is 162 Å². The van der Waals surface area contributed by atoms with E-state index < -0.39 is 4.92 Å². The monoisotopic (exact) mass is 382 g/mol. The van der Waals surface area contributed by atoms with E-state index in [0.717, 1.165) is 22.6 Å². The van der Waals surface area contributed by atoms with Crippen LogP contribution in [0.4, 0.5) is 11.5 Å². The van der Waals surface area contributed by atoms with Crippen LogP contribution in [0.25, 0.3) is 5.69 Å². The van der Waals surface area contributed by atoms with Gasteiger partial charge in [-0.15, -0.1) is 0 Å². The smallest absolute Gasteiger partial charge is 0.269 e. The zero-order valence-corrected chi connectivity index (χ0v) is 16.3. The molecule has 0 radical (unpaired) electrons. The Bertz CT molecular complexity index is 1030. The van der Waals surface area contributed by atoms with Crippen molar-refractivity contribution >= 4 is 17.4 Å². The highest BCUT2D eigenvalue weighted by Crippen LogP contribution is 2.21. The van der Waals surface area contributed by atoms with Crippen molar-refractivity contribution in [1.29, 1.82) is 0 Å². The molecule has 0 aliphatic rings. The van der Waals surface area contributed by atoms with Crippen molar-refractivity contribution in [3.63, 3.8) is 0 Å². The molecular formula is C19H22N6O3. The van der Waals surface area contributed by atoms with Crippen molar-refractivity contribution in [2.24, 2.45) is 7.05 Å². The normalized spacial score (nSPS) is 10.9. The van der Waals surface area contributed by atoms with Crippen LogP contribution in [0.1, 0.15) is 29.1 Å². The Balaban J connectivity index is 1.74. The second-order valence-electron chi connectivity index (χ2n) is 6.68. The third-order valence-corrected chi connectivity index (χ3v) is 4.67.